The molecule has 1 rings (SSSR count). The third-order valence-corrected chi connectivity index (χ3v) is 2.34. The van der Waals surface area contributed by atoms with Crippen LogP contribution in [0.1, 0.15) is 12.5 Å². The van der Waals surface area contributed by atoms with E-state index in [2.05, 4.69) is 0 Å². The maximum atomic E-state index is 5.92. The van der Waals surface area contributed by atoms with E-state index < -0.39 is 0 Å². The summed E-state index contributed by atoms with van der Waals surface area (Å²) in [5.41, 5.74) is 12.3. The van der Waals surface area contributed by atoms with Crippen LogP contribution in [0.2, 0.25) is 5.02 Å². The molecule has 1 atom stereocenters. The van der Waals surface area contributed by atoms with Gasteiger partial charge < -0.3 is 16.2 Å². The topological polar surface area (TPSA) is 61.3 Å². The van der Waals surface area contributed by atoms with Crippen molar-refractivity contribution in [2.75, 3.05) is 13.2 Å². The Morgan fingerprint density at radius 3 is 2.69 bits per heavy atom. The third-order valence-electron chi connectivity index (χ3n) is 2.11. The molecule has 92 valence electrons. The second-order valence-electron chi connectivity index (χ2n) is 3.38. The van der Waals surface area contributed by atoms with Gasteiger partial charge in [-0.15, -0.1) is 12.4 Å². The Morgan fingerprint density at radius 1 is 1.44 bits per heavy atom. The van der Waals surface area contributed by atoms with E-state index in [1.54, 1.807) is 0 Å². The Balaban J connectivity index is 0.00000225. The lowest BCUT2D eigenvalue weighted by Gasteiger charge is -2.13. The van der Waals surface area contributed by atoms with Crippen molar-refractivity contribution >= 4 is 24.0 Å². The van der Waals surface area contributed by atoms with Gasteiger partial charge in [0.05, 0.1) is 6.61 Å². The zero-order valence-electron chi connectivity index (χ0n) is 9.28. The van der Waals surface area contributed by atoms with Gasteiger partial charge in [-0.2, -0.15) is 0 Å². The maximum Gasteiger partial charge on any atom is 0.122 e. The number of halogens is 2. The van der Waals surface area contributed by atoms with E-state index in [-0.39, 0.29) is 18.4 Å². The van der Waals surface area contributed by atoms with E-state index in [4.69, 9.17) is 27.8 Å². The molecule has 0 fully saturated rings. The molecule has 3 nitrogen and oxygen atoms in total. The van der Waals surface area contributed by atoms with Crippen molar-refractivity contribution in [2.45, 2.75) is 19.4 Å². The summed E-state index contributed by atoms with van der Waals surface area (Å²) in [4.78, 5) is 0. The standard InChI is InChI=1S/C11H17ClN2O.ClH/c1-2-15-11-4-3-9(12)5-8(11)6-10(14)7-13;/h3-5,10H,2,6-7,13-14H2,1H3;1H. The number of benzene rings is 1. The first-order chi connectivity index (χ1) is 7.17. The SMILES string of the molecule is CCOc1ccc(Cl)cc1CC(N)CN.Cl. The molecule has 0 spiro atoms. The monoisotopic (exact) mass is 264 g/mol. The van der Waals surface area contributed by atoms with Crippen molar-refractivity contribution in [1.29, 1.82) is 0 Å². The number of ether oxygens (including phenoxy) is 1. The fourth-order valence-electron chi connectivity index (χ4n) is 1.37. The molecule has 1 aromatic carbocycles. The summed E-state index contributed by atoms with van der Waals surface area (Å²) >= 11 is 5.92. The molecule has 5 heteroatoms. The summed E-state index contributed by atoms with van der Waals surface area (Å²) in [6.07, 6.45) is 0.687. The summed E-state index contributed by atoms with van der Waals surface area (Å²) in [6.45, 7) is 3.03. The van der Waals surface area contributed by atoms with Gasteiger partial charge in [0.25, 0.3) is 0 Å². The summed E-state index contributed by atoms with van der Waals surface area (Å²) in [7, 11) is 0. The molecule has 0 saturated heterocycles. The second-order valence-corrected chi connectivity index (χ2v) is 3.82. The summed E-state index contributed by atoms with van der Waals surface area (Å²) in [5, 5.41) is 0.692. The van der Waals surface area contributed by atoms with Crippen LogP contribution in [0.25, 0.3) is 0 Å². The van der Waals surface area contributed by atoms with Gasteiger partial charge in [0.1, 0.15) is 5.75 Å². The van der Waals surface area contributed by atoms with Crippen molar-refractivity contribution in [3.63, 3.8) is 0 Å². The van der Waals surface area contributed by atoms with Gasteiger partial charge >= 0.3 is 0 Å². The van der Waals surface area contributed by atoms with E-state index in [0.717, 1.165) is 11.3 Å². The highest BCUT2D eigenvalue weighted by molar-refractivity contribution is 6.30. The van der Waals surface area contributed by atoms with Gasteiger partial charge in [-0.25, -0.2) is 0 Å². The minimum absolute atomic E-state index is 0. The van der Waals surface area contributed by atoms with Gasteiger partial charge in [-0.3, -0.25) is 0 Å². The normalized spacial score (nSPS) is 11.8. The summed E-state index contributed by atoms with van der Waals surface area (Å²) < 4.78 is 5.48. The number of nitrogens with two attached hydrogens (primary N) is 2. The molecule has 1 unspecified atom stereocenters. The van der Waals surface area contributed by atoms with E-state index in [9.17, 15) is 0 Å². The van der Waals surface area contributed by atoms with Crippen LogP contribution in [0.4, 0.5) is 0 Å². The quantitative estimate of drug-likeness (QED) is 0.855. The van der Waals surface area contributed by atoms with E-state index in [1.807, 2.05) is 25.1 Å². The lowest BCUT2D eigenvalue weighted by molar-refractivity contribution is 0.335. The van der Waals surface area contributed by atoms with Crippen LogP contribution in [0, 0.1) is 0 Å². The molecule has 0 heterocycles. The molecule has 0 saturated carbocycles. The van der Waals surface area contributed by atoms with Crippen LogP contribution < -0.4 is 16.2 Å². The summed E-state index contributed by atoms with van der Waals surface area (Å²) in [5.74, 6) is 0.839. The minimum Gasteiger partial charge on any atom is -0.494 e. The van der Waals surface area contributed by atoms with E-state index >= 15 is 0 Å². The number of hydrogen-bond acceptors (Lipinski definition) is 3. The Hall–Kier alpha value is -0.480. The second kappa shape index (κ2) is 7.74. The molecule has 16 heavy (non-hydrogen) atoms. The molecule has 0 aliphatic rings. The van der Waals surface area contributed by atoms with Crippen molar-refractivity contribution < 1.29 is 4.74 Å². The van der Waals surface area contributed by atoms with Crippen LogP contribution in [0.3, 0.4) is 0 Å². The first-order valence-corrected chi connectivity index (χ1v) is 5.42. The Morgan fingerprint density at radius 2 is 2.12 bits per heavy atom. The predicted molar refractivity (Wildman–Crippen MR) is 70.6 cm³/mol. The van der Waals surface area contributed by atoms with Gasteiger partial charge in [0, 0.05) is 17.6 Å². The van der Waals surface area contributed by atoms with Gasteiger partial charge in [0.2, 0.25) is 0 Å². The lowest BCUT2D eigenvalue weighted by Crippen LogP contribution is -2.31. The average Bonchev–Trinajstić information content (AvgIpc) is 2.22. The number of rotatable bonds is 5. The molecule has 0 aliphatic heterocycles. The molecular weight excluding hydrogens is 247 g/mol. The molecule has 0 bridgehead atoms. The Bertz CT molecular complexity index is 321. The van der Waals surface area contributed by atoms with Crippen LogP contribution in [0.5, 0.6) is 5.75 Å². The Labute approximate surface area is 108 Å². The van der Waals surface area contributed by atoms with Crippen LogP contribution in [-0.2, 0) is 6.42 Å². The van der Waals surface area contributed by atoms with E-state index in [1.165, 1.54) is 0 Å². The van der Waals surface area contributed by atoms with Gasteiger partial charge in [-0.05, 0) is 37.1 Å². The fraction of sp³-hybridized carbons (Fsp3) is 0.455. The molecule has 0 aliphatic carbocycles. The fourth-order valence-corrected chi connectivity index (χ4v) is 1.56. The lowest BCUT2D eigenvalue weighted by atomic mass is 10.1. The van der Waals surface area contributed by atoms with Crippen LogP contribution in [-0.4, -0.2) is 19.2 Å². The zero-order valence-corrected chi connectivity index (χ0v) is 10.9. The van der Waals surface area contributed by atoms with Gasteiger partial charge in [0.15, 0.2) is 0 Å². The highest BCUT2D eigenvalue weighted by Gasteiger charge is 2.08. The Kier molecular flexibility index (Phi) is 7.51. The highest BCUT2D eigenvalue weighted by atomic mass is 35.5. The molecule has 0 aromatic heterocycles. The third kappa shape index (κ3) is 4.58. The molecule has 4 N–H and O–H groups in total. The molecule has 0 radical (unpaired) electrons. The largest absolute Gasteiger partial charge is 0.494 e. The predicted octanol–water partition coefficient (Wildman–Crippen LogP) is 1.99. The van der Waals surface area contributed by atoms with Crippen LogP contribution >= 0.6 is 24.0 Å². The maximum absolute atomic E-state index is 5.92. The molecule has 0 amide bonds. The first kappa shape index (κ1) is 15.5. The minimum atomic E-state index is -0.0531. The zero-order chi connectivity index (χ0) is 11.3. The van der Waals surface area contributed by atoms with Crippen molar-refractivity contribution in [1.82, 2.24) is 0 Å². The van der Waals surface area contributed by atoms with E-state index in [0.29, 0.717) is 24.6 Å². The van der Waals surface area contributed by atoms with Crippen molar-refractivity contribution in [3.8, 4) is 5.75 Å². The molecule has 1 aromatic rings. The summed E-state index contributed by atoms with van der Waals surface area (Å²) in [6, 6.07) is 5.50. The average molecular weight is 265 g/mol. The first-order valence-electron chi connectivity index (χ1n) is 5.04. The smallest absolute Gasteiger partial charge is 0.122 e. The number of hydrogen-bond donors (Lipinski definition) is 2. The van der Waals surface area contributed by atoms with Gasteiger partial charge in [-0.1, -0.05) is 11.6 Å². The molecular formula is C11H18Cl2N2O. The van der Waals surface area contributed by atoms with Crippen LogP contribution in [0.15, 0.2) is 18.2 Å². The van der Waals surface area contributed by atoms with Crippen molar-refractivity contribution in [3.05, 3.63) is 28.8 Å². The van der Waals surface area contributed by atoms with Crippen molar-refractivity contribution in [2.24, 2.45) is 11.5 Å². The highest BCUT2D eigenvalue weighted by Crippen LogP contribution is 2.23.